The quantitative estimate of drug-likeness (QED) is 0.475. The van der Waals surface area contributed by atoms with E-state index in [0.29, 0.717) is 5.69 Å². The first-order valence-electron chi connectivity index (χ1n) is 8.54. The van der Waals surface area contributed by atoms with Crippen LogP contribution in [0.5, 0.6) is 0 Å². The van der Waals surface area contributed by atoms with Gasteiger partial charge in [-0.2, -0.15) is 4.98 Å². The normalized spacial score (nSPS) is 11.4. The van der Waals surface area contributed by atoms with Crippen molar-refractivity contribution in [3.05, 3.63) is 77.1 Å². The summed E-state index contributed by atoms with van der Waals surface area (Å²) in [7, 11) is 2.68. The Bertz CT molecular complexity index is 1470. The van der Waals surface area contributed by atoms with Crippen LogP contribution in [0.2, 0.25) is 0 Å². The average Bonchev–Trinajstić information content (AvgIpc) is 2.66. The average molecular weight is 379 g/mol. The molecule has 142 valence electrons. The molecule has 4 rings (SSSR count). The Morgan fingerprint density at radius 1 is 0.893 bits per heavy atom. The summed E-state index contributed by atoms with van der Waals surface area (Å²) in [5.74, 6) is 0.0766. The second-order valence-electron chi connectivity index (χ2n) is 6.80. The smallest absolute Gasteiger partial charge is 0.292 e. The minimum absolute atomic E-state index is 0.0766. The highest BCUT2D eigenvalue weighted by molar-refractivity contribution is 5.83. The van der Waals surface area contributed by atoms with E-state index in [1.165, 1.54) is 24.7 Å². The van der Waals surface area contributed by atoms with Crippen LogP contribution in [0.4, 0.5) is 0 Å². The molecule has 0 saturated heterocycles. The first-order valence-corrected chi connectivity index (χ1v) is 8.54. The minimum Gasteiger partial charge on any atom is -0.292 e. The zero-order valence-electron chi connectivity index (χ0n) is 15.7. The van der Waals surface area contributed by atoms with Crippen molar-refractivity contribution in [1.82, 2.24) is 23.7 Å². The summed E-state index contributed by atoms with van der Waals surface area (Å²) >= 11 is 0. The van der Waals surface area contributed by atoms with Gasteiger partial charge >= 0.3 is 11.4 Å². The van der Waals surface area contributed by atoms with Gasteiger partial charge in [0.05, 0.1) is 10.9 Å². The Kier molecular flexibility index (Phi) is 3.71. The van der Waals surface area contributed by atoms with Gasteiger partial charge in [-0.05, 0) is 43.2 Å². The third kappa shape index (κ3) is 2.36. The van der Waals surface area contributed by atoms with Crippen molar-refractivity contribution >= 4 is 11.0 Å². The SMILES string of the molecule is Cc1ccc(-n2c3nc(=O)n(C)c(=O)c-3cc3c(=O)n(C)c(=O)[nH]c32)cc1C. The van der Waals surface area contributed by atoms with Gasteiger partial charge in [-0.25, -0.2) is 9.59 Å². The maximum absolute atomic E-state index is 12.7. The Hall–Kier alpha value is -3.75. The van der Waals surface area contributed by atoms with Crippen LogP contribution < -0.4 is 22.5 Å². The van der Waals surface area contributed by atoms with E-state index in [2.05, 4.69) is 9.97 Å². The molecule has 3 heterocycles. The molecule has 2 aliphatic heterocycles. The fourth-order valence-corrected chi connectivity index (χ4v) is 3.19. The first-order chi connectivity index (χ1) is 13.2. The molecule has 2 aliphatic rings. The van der Waals surface area contributed by atoms with E-state index >= 15 is 0 Å². The number of benzene rings is 1. The zero-order valence-corrected chi connectivity index (χ0v) is 15.7. The number of aromatic amines is 1. The number of nitrogens with zero attached hydrogens (tertiary/aromatic N) is 4. The van der Waals surface area contributed by atoms with Gasteiger partial charge in [0, 0.05) is 19.8 Å². The lowest BCUT2D eigenvalue weighted by molar-refractivity contribution is 0.758. The van der Waals surface area contributed by atoms with Gasteiger partial charge in [0.1, 0.15) is 5.65 Å². The van der Waals surface area contributed by atoms with Crippen LogP contribution in [-0.2, 0) is 14.1 Å². The van der Waals surface area contributed by atoms with Crippen LogP contribution in [0.15, 0.2) is 43.4 Å². The topological polar surface area (TPSA) is 112 Å². The van der Waals surface area contributed by atoms with Crippen molar-refractivity contribution in [1.29, 1.82) is 0 Å². The Morgan fingerprint density at radius 3 is 2.29 bits per heavy atom. The van der Waals surface area contributed by atoms with E-state index < -0.39 is 22.5 Å². The van der Waals surface area contributed by atoms with E-state index in [1.807, 2.05) is 26.0 Å². The standard InChI is InChI=1S/C19H17N5O4/c1-9-5-6-11(7-10(9)2)24-14-12(16(25)22(3)18(27)20-14)8-13-15(24)21-19(28)23(4)17(13)26/h5-8H,1-4H3,(H,20,27). The lowest BCUT2D eigenvalue weighted by atomic mass is 10.1. The molecule has 0 saturated carbocycles. The fourth-order valence-electron chi connectivity index (χ4n) is 3.19. The van der Waals surface area contributed by atoms with Gasteiger partial charge in [0.2, 0.25) is 0 Å². The van der Waals surface area contributed by atoms with Crippen LogP contribution in [-0.4, -0.2) is 23.7 Å². The molecule has 0 radical (unpaired) electrons. The molecule has 0 amide bonds. The van der Waals surface area contributed by atoms with E-state index in [4.69, 9.17) is 0 Å². The summed E-state index contributed by atoms with van der Waals surface area (Å²) in [6.45, 7) is 3.87. The maximum Gasteiger partial charge on any atom is 0.352 e. The predicted octanol–water partition coefficient (Wildman–Crippen LogP) is 0.193. The summed E-state index contributed by atoms with van der Waals surface area (Å²) in [5.41, 5.74) is 0.415. The van der Waals surface area contributed by atoms with Gasteiger partial charge < -0.3 is 0 Å². The molecule has 9 heteroatoms. The van der Waals surface area contributed by atoms with Crippen molar-refractivity contribution < 1.29 is 0 Å². The van der Waals surface area contributed by atoms with E-state index in [-0.39, 0.29) is 22.4 Å². The molecule has 0 unspecified atom stereocenters. The van der Waals surface area contributed by atoms with E-state index in [1.54, 1.807) is 6.07 Å². The van der Waals surface area contributed by atoms with Crippen molar-refractivity contribution in [3.63, 3.8) is 0 Å². The van der Waals surface area contributed by atoms with Crippen molar-refractivity contribution in [2.24, 2.45) is 14.1 Å². The largest absolute Gasteiger partial charge is 0.352 e. The highest BCUT2D eigenvalue weighted by Gasteiger charge is 2.22. The number of hydrogen-bond donors (Lipinski definition) is 1. The van der Waals surface area contributed by atoms with Crippen molar-refractivity contribution in [2.45, 2.75) is 13.8 Å². The molecule has 0 aliphatic carbocycles. The van der Waals surface area contributed by atoms with Crippen LogP contribution in [0, 0.1) is 13.8 Å². The number of rotatable bonds is 1. The number of aromatic nitrogens is 5. The third-order valence-electron chi connectivity index (χ3n) is 5.06. The molecule has 0 fully saturated rings. The Morgan fingerprint density at radius 2 is 1.61 bits per heavy atom. The zero-order chi connectivity index (χ0) is 20.3. The lowest BCUT2D eigenvalue weighted by Crippen LogP contribution is -2.38. The summed E-state index contributed by atoms with van der Waals surface area (Å²) in [5, 5.41) is 0.144. The van der Waals surface area contributed by atoms with Gasteiger partial charge in [0.25, 0.3) is 11.1 Å². The number of hydrogen-bond acceptors (Lipinski definition) is 5. The molecule has 1 aromatic carbocycles. The summed E-state index contributed by atoms with van der Waals surface area (Å²) < 4.78 is 3.29. The maximum atomic E-state index is 12.7. The minimum atomic E-state index is -0.722. The third-order valence-corrected chi connectivity index (χ3v) is 5.06. The molecule has 1 aromatic heterocycles. The molecule has 1 N–H and O–H groups in total. The highest BCUT2D eigenvalue weighted by atomic mass is 16.2. The fraction of sp³-hybridized carbons (Fsp3) is 0.211. The summed E-state index contributed by atoms with van der Waals surface area (Å²) in [6.07, 6.45) is 0. The van der Waals surface area contributed by atoms with Crippen LogP contribution >= 0.6 is 0 Å². The molecule has 9 nitrogen and oxygen atoms in total. The van der Waals surface area contributed by atoms with Crippen LogP contribution in [0.1, 0.15) is 11.1 Å². The molecular formula is C19H17N5O4. The molecule has 0 spiro atoms. The Labute approximate surface area is 157 Å². The molecule has 0 bridgehead atoms. The van der Waals surface area contributed by atoms with Gasteiger partial charge in [0.15, 0.2) is 5.82 Å². The van der Waals surface area contributed by atoms with Crippen LogP contribution in [0.3, 0.4) is 0 Å². The van der Waals surface area contributed by atoms with Crippen molar-refractivity contribution in [3.8, 4) is 17.1 Å². The van der Waals surface area contributed by atoms with Gasteiger partial charge in [-0.3, -0.25) is 28.3 Å². The number of pyridine rings is 1. The van der Waals surface area contributed by atoms with Crippen molar-refractivity contribution in [2.75, 3.05) is 0 Å². The number of aryl methyl sites for hydroxylation is 2. The summed E-state index contributed by atoms with van der Waals surface area (Å²) in [6, 6.07) is 6.87. The molecule has 2 aromatic rings. The number of nitrogens with one attached hydrogen (secondary N) is 1. The highest BCUT2D eigenvalue weighted by Crippen LogP contribution is 2.25. The molecule has 28 heavy (non-hydrogen) atoms. The number of H-pyrrole nitrogens is 1. The van der Waals surface area contributed by atoms with E-state index in [9.17, 15) is 19.2 Å². The monoisotopic (exact) mass is 379 g/mol. The summed E-state index contributed by atoms with van der Waals surface area (Å²) in [4.78, 5) is 56.5. The molecule has 0 atom stereocenters. The van der Waals surface area contributed by atoms with Gasteiger partial charge in [-0.15, -0.1) is 0 Å². The second kappa shape index (κ2) is 5.88. The van der Waals surface area contributed by atoms with E-state index in [0.717, 1.165) is 20.3 Å². The first kappa shape index (κ1) is 17.7. The Balaban J connectivity index is 2.36. The van der Waals surface area contributed by atoms with Gasteiger partial charge in [-0.1, -0.05) is 6.07 Å². The lowest BCUT2D eigenvalue weighted by Gasteiger charge is -2.18. The predicted molar refractivity (Wildman–Crippen MR) is 105 cm³/mol. The number of fused-ring (bicyclic) bond motifs is 2. The van der Waals surface area contributed by atoms with Crippen LogP contribution in [0.25, 0.3) is 28.1 Å². The second-order valence-corrected chi connectivity index (χ2v) is 6.80. The molecular weight excluding hydrogens is 362 g/mol.